The van der Waals surface area contributed by atoms with Crippen molar-refractivity contribution in [3.8, 4) is 0 Å². The minimum atomic E-state index is 0.844. The van der Waals surface area contributed by atoms with Crippen LogP contribution < -0.4 is 16.7 Å². The maximum atomic E-state index is 5.36. The van der Waals surface area contributed by atoms with Gasteiger partial charge in [-0.15, -0.1) is 0 Å². The molecule has 0 aromatic rings. The minimum absolute atomic E-state index is 0.844. The zero-order valence-corrected chi connectivity index (χ0v) is 4.81. The maximum Gasteiger partial charge on any atom is 0.127 e. The molecule has 0 fully saturated rings. The molecule has 0 unspecified atom stereocenters. The Hall–Kier alpha value is -0.740. The van der Waals surface area contributed by atoms with Crippen LogP contribution in [0.5, 0.6) is 0 Å². The Bertz CT molecular complexity index is 107. The quantitative estimate of drug-likeness (QED) is 0.294. The Morgan fingerprint density at radius 3 is 2.88 bits per heavy atom. The van der Waals surface area contributed by atoms with Crippen LogP contribution in [-0.2, 0) is 0 Å². The van der Waals surface area contributed by atoms with Crippen LogP contribution >= 0.6 is 0 Å². The molecular formula is C4H10N4. The topological polar surface area (TPSA) is 53.3 Å². The molecule has 0 saturated carbocycles. The normalized spacial score (nSPS) is 17.5. The summed E-state index contributed by atoms with van der Waals surface area (Å²) in [6.07, 6.45) is 1.97. The van der Waals surface area contributed by atoms with Gasteiger partial charge in [-0.05, 0) is 6.08 Å². The molecule has 46 valence electrons. The van der Waals surface area contributed by atoms with E-state index in [0.29, 0.717) is 0 Å². The van der Waals surface area contributed by atoms with Gasteiger partial charge in [0.1, 0.15) is 5.82 Å². The fourth-order valence-electron chi connectivity index (χ4n) is 0.572. The van der Waals surface area contributed by atoms with Crippen molar-refractivity contribution in [2.45, 2.75) is 0 Å². The average Bonchev–Trinajstić information content (AvgIpc) is 2.12. The molecular weight excluding hydrogens is 104 g/mol. The van der Waals surface area contributed by atoms with Gasteiger partial charge in [-0.3, -0.25) is 5.01 Å². The number of rotatable bonds is 1. The SMILES string of the molecule is CN(N)C1=CCNN1. The Labute approximate surface area is 48.3 Å². The summed E-state index contributed by atoms with van der Waals surface area (Å²) in [6.45, 7) is 0.844. The maximum absolute atomic E-state index is 5.36. The highest BCUT2D eigenvalue weighted by molar-refractivity contribution is 5.01. The average molecular weight is 114 g/mol. The van der Waals surface area contributed by atoms with Gasteiger partial charge in [0.25, 0.3) is 0 Å². The van der Waals surface area contributed by atoms with Crippen molar-refractivity contribution >= 4 is 0 Å². The first-order chi connectivity index (χ1) is 3.80. The van der Waals surface area contributed by atoms with Gasteiger partial charge in [0.05, 0.1) is 0 Å². The molecule has 0 atom stereocenters. The third-order valence-electron chi connectivity index (χ3n) is 0.994. The first kappa shape index (κ1) is 5.40. The van der Waals surface area contributed by atoms with E-state index in [9.17, 15) is 0 Å². The zero-order chi connectivity index (χ0) is 5.98. The number of nitrogens with one attached hydrogen (secondary N) is 2. The molecule has 0 aliphatic carbocycles. The van der Waals surface area contributed by atoms with Gasteiger partial charge >= 0.3 is 0 Å². The second kappa shape index (κ2) is 2.02. The summed E-state index contributed by atoms with van der Waals surface area (Å²) in [4.78, 5) is 0. The molecule has 4 heteroatoms. The van der Waals surface area contributed by atoms with Gasteiger partial charge in [0.15, 0.2) is 0 Å². The lowest BCUT2D eigenvalue weighted by molar-refractivity contribution is 0.399. The van der Waals surface area contributed by atoms with E-state index in [0.717, 1.165) is 12.4 Å². The molecule has 0 aromatic heterocycles. The van der Waals surface area contributed by atoms with Gasteiger partial charge < -0.3 is 5.43 Å². The van der Waals surface area contributed by atoms with Crippen molar-refractivity contribution in [2.75, 3.05) is 13.6 Å². The van der Waals surface area contributed by atoms with Crippen LogP contribution in [0.15, 0.2) is 11.9 Å². The van der Waals surface area contributed by atoms with Gasteiger partial charge in [-0.2, -0.15) is 0 Å². The lowest BCUT2D eigenvalue weighted by Crippen LogP contribution is -2.35. The first-order valence-corrected chi connectivity index (χ1v) is 2.48. The van der Waals surface area contributed by atoms with E-state index in [-0.39, 0.29) is 0 Å². The molecule has 0 aromatic carbocycles. The molecule has 1 aliphatic rings. The molecule has 0 bridgehead atoms. The predicted octanol–water partition coefficient (Wildman–Crippen LogP) is -1.26. The summed E-state index contributed by atoms with van der Waals surface area (Å²) in [5.41, 5.74) is 5.76. The van der Waals surface area contributed by atoms with Crippen molar-refractivity contribution in [3.63, 3.8) is 0 Å². The Morgan fingerprint density at radius 2 is 2.62 bits per heavy atom. The summed E-state index contributed by atoms with van der Waals surface area (Å²) in [7, 11) is 1.78. The van der Waals surface area contributed by atoms with Crippen molar-refractivity contribution in [3.05, 3.63) is 11.9 Å². The summed E-state index contributed by atoms with van der Waals surface area (Å²) in [5.74, 6) is 6.28. The van der Waals surface area contributed by atoms with Crippen molar-refractivity contribution in [1.82, 2.24) is 15.9 Å². The molecule has 8 heavy (non-hydrogen) atoms. The fourth-order valence-corrected chi connectivity index (χ4v) is 0.572. The fraction of sp³-hybridized carbons (Fsp3) is 0.500. The Balaban J connectivity index is 2.45. The summed E-state index contributed by atoms with van der Waals surface area (Å²) in [6, 6.07) is 0. The number of nitrogens with zero attached hydrogens (tertiary/aromatic N) is 1. The third kappa shape index (κ3) is 0.907. The predicted molar refractivity (Wildman–Crippen MR) is 31.2 cm³/mol. The van der Waals surface area contributed by atoms with Gasteiger partial charge in [-0.25, -0.2) is 11.3 Å². The summed E-state index contributed by atoms with van der Waals surface area (Å²) in [5, 5.41) is 1.53. The van der Waals surface area contributed by atoms with E-state index < -0.39 is 0 Å². The molecule has 1 rings (SSSR count). The van der Waals surface area contributed by atoms with Crippen LogP contribution in [0.2, 0.25) is 0 Å². The first-order valence-electron chi connectivity index (χ1n) is 2.48. The van der Waals surface area contributed by atoms with Crippen LogP contribution in [0.3, 0.4) is 0 Å². The zero-order valence-electron chi connectivity index (χ0n) is 4.81. The molecule has 1 heterocycles. The highest BCUT2D eigenvalue weighted by Gasteiger charge is 2.01. The van der Waals surface area contributed by atoms with E-state index >= 15 is 0 Å². The lowest BCUT2D eigenvalue weighted by atomic mass is 10.6. The number of hydrogen-bond acceptors (Lipinski definition) is 4. The van der Waals surface area contributed by atoms with E-state index in [4.69, 9.17) is 5.84 Å². The van der Waals surface area contributed by atoms with Crippen LogP contribution in [0.1, 0.15) is 0 Å². The lowest BCUT2D eigenvalue weighted by Gasteiger charge is -2.12. The largest absolute Gasteiger partial charge is 0.306 e. The van der Waals surface area contributed by atoms with Crippen molar-refractivity contribution in [1.29, 1.82) is 0 Å². The number of nitrogens with two attached hydrogens (primary N) is 1. The second-order valence-corrected chi connectivity index (χ2v) is 1.71. The second-order valence-electron chi connectivity index (χ2n) is 1.71. The van der Waals surface area contributed by atoms with E-state index in [1.165, 1.54) is 5.01 Å². The molecule has 0 spiro atoms. The molecule has 0 radical (unpaired) electrons. The highest BCUT2D eigenvalue weighted by Crippen LogP contribution is 1.91. The highest BCUT2D eigenvalue weighted by atomic mass is 15.5. The molecule has 1 aliphatic heterocycles. The molecule has 4 N–H and O–H groups in total. The smallest absolute Gasteiger partial charge is 0.127 e. The van der Waals surface area contributed by atoms with Crippen LogP contribution in [0.25, 0.3) is 0 Å². The van der Waals surface area contributed by atoms with Crippen molar-refractivity contribution in [2.24, 2.45) is 5.84 Å². The van der Waals surface area contributed by atoms with Crippen LogP contribution in [-0.4, -0.2) is 18.6 Å². The van der Waals surface area contributed by atoms with Crippen LogP contribution in [0, 0.1) is 0 Å². The molecule has 0 saturated heterocycles. The standard InChI is InChI=1S/C4H10N4/c1-8(5)4-2-3-6-7-4/h2,6-7H,3,5H2,1H3. The Kier molecular flexibility index (Phi) is 1.36. The van der Waals surface area contributed by atoms with Gasteiger partial charge in [0.2, 0.25) is 0 Å². The minimum Gasteiger partial charge on any atom is -0.306 e. The van der Waals surface area contributed by atoms with E-state index in [1.807, 2.05) is 6.08 Å². The van der Waals surface area contributed by atoms with Crippen molar-refractivity contribution < 1.29 is 0 Å². The Morgan fingerprint density at radius 1 is 1.88 bits per heavy atom. The molecule has 4 nitrogen and oxygen atoms in total. The summed E-state index contributed by atoms with van der Waals surface area (Å²) >= 11 is 0. The summed E-state index contributed by atoms with van der Waals surface area (Å²) < 4.78 is 0. The monoisotopic (exact) mass is 114 g/mol. The van der Waals surface area contributed by atoms with Gasteiger partial charge in [0, 0.05) is 13.6 Å². The van der Waals surface area contributed by atoms with Gasteiger partial charge in [-0.1, -0.05) is 0 Å². The van der Waals surface area contributed by atoms with E-state index in [2.05, 4.69) is 10.9 Å². The van der Waals surface area contributed by atoms with Crippen LogP contribution in [0.4, 0.5) is 0 Å². The number of hydrazine groups is 2. The number of hydrogen-bond donors (Lipinski definition) is 3. The van der Waals surface area contributed by atoms with E-state index in [1.54, 1.807) is 7.05 Å². The molecule has 0 amide bonds. The third-order valence-corrected chi connectivity index (χ3v) is 0.994.